The molecule has 1 saturated carbocycles. The Balaban J connectivity index is 1.60. The largest absolute Gasteiger partial charge is 0.377 e. The van der Waals surface area contributed by atoms with Crippen LogP contribution in [0.25, 0.3) is 0 Å². The molecule has 24 heavy (non-hydrogen) atoms. The second-order valence-electron chi connectivity index (χ2n) is 7.78. The zero-order chi connectivity index (χ0) is 16.9. The summed E-state index contributed by atoms with van der Waals surface area (Å²) in [5.41, 5.74) is 1.20. The minimum atomic E-state index is 0.482. The Bertz CT molecular complexity index is 501. The van der Waals surface area contributed by atoms with Gasteiger partial charge in [-0.05, 0) is 44.2 Å². The van der Waals surface area contributed by atoms with Crippen LogP contribution < -0.4 is 0 Å². The van der Waals surface area contributed by atoms with Crippen molar-refractivity contribution in [3.05, 3.63) is 23.8 Å². The smallest absolute Gasteiger partial charge is 0.153 e. The van der Waals surface area contributed by atoms with Crippen molar-refractivity contribution in [1.82, 2.24) is 19.8 Å². The molecule has 2 heterocycles. The Morgan fingerprint density at radius 3 is 2.58 bits per heavy atom. The molecule has 3 rings (SSSR count). The molecule has 0 aromatic carbocycles. The maximum Gasteiger partial charge on any atom is 0.153 e. The molecule has 1 atom stereocenters. The van der Waals surface area contributed by atoms with Crippen LogP contribution in [0.5, 0.6) is 0 Å². The fraction of sp³-hybridized carbons (Fsp3) is 0.789. The monoisotopic (exact) mass is 332 g/mol. The van der Waals surface area contributed by atoms with Crippen molar-refractivity contribution in [2.75, 3.05) is 33.3 Å². The molecule has 1 unspecified atom stereocenters. The molecule has 2 fully saturated rings. The van der Waals surface area contributed by atoms with Crippen molar-refractivity contribution < 1.29 is 4.74 Å². The molecule has 0 amide bonds. The van der Waals surface area contributed by atoms with Gasteiger partial charge >= 0.3 is 0 Å². The third-order valence-corrected chi connectivity index (χ3v) is 5.23. The van der Waals surface area contributed by atoms with Gasteiger partial charge in [0, 0.05) is 50.7 Å². The van der Waals surface area contributed by atoms with Gasteiger partial charge in [-0.15, -0.1) is 0 Å². The van der Waals surface area contributed by atoms with Gasteiger partial charge in [0.05, 0.1) is 0 Å². The van der Waals surface area contributed by atoms with Crippen LogP contribution in [0.3, 0.4) is 0 Å². The lowest BCUT2D eigenvalue weighted by atomic mass is 10.0. The van der Waals surface area contributed by atoms with Crippen LogP contribution in [0.4, 0.5) is 0 Å². The van der Waals surface area contributed by atoms with Crippen LogP contribution >= 0.6 is 0 Å². The zero-order valence-corrected chi connectivity index (χ0v) is 15.4. The summed E-state index contributed by atoms with van der Waals surface area (Å²) in [7, 11) is 1.67. The van der Waals surface area contributed by atoms with Gasteiger partial charge in [-0.3, -0.25) is 9.80 Å². The van der Waals surface area contributed by atoms with Crippen molar-refractivity contribution in [2.45, 2.75) is 52.3 Å². The minimum Gasteiger partial charge on any atom is -0.377 e. The molecule has 134 valence electrons. The van der Waals surface area contributed by atoms with Crippen LogP contribution in [0.15, 0.2) is 12.4 Å². The van der Waals surface area contributed by atoms with Crippen molar-refractivity contribution in [2.24, 2.45) is 11.8 Å². The first-order valence-corrected chi connectivity index (χ1v) is 9.41. The molecule has 0 N–H and O–H groups in total. The molecule has 0 bridgehead atoms. The van der Waals surface area contributed by atoms with Crippen LogP contribution in [0.1, 0.15) is 44.5 Å². The van der Waals surface area contributed by atoms with E-state index in [2.05, 4.69) is 33.6 Å². The third kappa shape index (κ3) is 4.98. The van der Waals surface area contributed by atoms with E-state index in [9.17, 15) is 0 Å². The molecule has 1 saturated heterocycles. The molecular formula is C19H32N4O. The summed E-state index contributed by atoms with van der Waals surface area (Å²) in [5, 5.41) is 0. The number of rotatable bonds is 7. The van der Waals surface area contributed by atoms with E-state index in [-0.39, 0.29) is 0 Å². The number of methoxy groups -OCH3 is 1. The normalized spacial score (nSPS) is 23.6. The summed E-state index contributed by atoms with van der Waals surface area (Å²) >= 11 is 0. The second kappa shape index (κ2) is 8.37. The molecule has 1 aromatic rings. The standard InChI is InChI=1S/C19H32N4O/c1-15(2)18-13-22(7-4-8-23(18)12-16-5-6-16)11-17-9-20-19(14-24-3)21-10-17/h9-10,15-16,18H,4-8,11-14H2,1-3H3. The maximum absolute atomic E-state index is 5.08. The van der Waals surface area contributed by atoms with Gasteiger partial charge in [-0.25, -0.2) is 9.97 Å². The van der Waals surface area contributed by atoms with Gasteiger partial charge in [0.1, 0.15) is 6.61 Å². The molecular weight excluding hydrogens is 300 g/mol. The SMILES string of the molecule is COCc1ncc(CN2CCCN(CC3CC3)C(C(C)C)C2)cn1. The topological polar surface area (TPSA) is 41.5 Å². The lowest BCUT2D eigenvalue weighted by Crippen LogP contribution is -2.45. The maximum atomic E-state index is 5.08. The highest BCUT2D eigenvalue weighted by Crippen LogP contribution is 2.32. The van der Waals surface area contributed by atoms with Gasteiger partial charge in [0.2, 0.25) is 0 Å². The summed E-state index contributed by atoms with van der Waals surface area (Å²) in [5.74, 6) is 2.43. The second-order valence-corrected chi connectivity index (χ2v) is 7.78. The van der Waals surface area contributed by atoms with Gasteiger partial charge in [-0.1, -0.05) is 13.8 Å². The average Bonchev–Trinajstić information content (AvgIpc) is 3.38. The molecule has 0 spiro atoms. The van der Waals surface area contributed by atoms with Crippen LogP contribution in [-0.2, 0) is 17.9 Å². The fourth-order valence-corrected chi connectivity index (χ4v) is 3.69. The Hall–Kier alpha value is -1.04. The van der Waals surface area contributed by atoms with E-state index >= 15 is 0 Å². The average molecular weight is 332 g/mol. The van der Waals surface area contributed by atoms with Crippen molar-refractivity contribution >= 4 is 0 Å². The zero-order valence-electron chi connectivity index (χ0n) is 15.4. The predicted octanol–water partition coefficient (Wildman–Crippen LogP) is 2.57. The molecule has 1 aromatic heterocycles. The number of hydrogen-bond donors (Lipinski definition) is 0. The Labute approximate surface area is 146 Å². The van der Waals surface area contributed by atoms with E-state index in [1.165, 1.54) is 44.5 Å². The number of nitrogens with zero attached hydrogens (tertiary/aromatic N) is 4. The molecule has 5 nitrogen and oxygen atoms in total. The van der Waals surface area contributed by atoms with Crippen molar-refractivity contribution in [3.8, 4) is 0 Å². The molecule has 5 heteroatoms. The highest BCUT2D eigenvalue weighted by atomic mass is 16.5. The third-order valence-electron chi connectivity index (χ3n) is 5.23. The highest BCUT2D eigenvalue weighted by molar-refractivity contribution is 5.05. The summed E-state index contributed by atoms with van der Waals surface area (Å²) in [6.07, 6.45) is 8.06. The number of hydrogen-bond acceptors (Lipinski definition) is 5. The van der Waals surface area contributed by atoms with E-state index in [1.54, 1.807) is 7.11 Å². The summed E-state index contributed by atoms with van der Waals surface area (Å²) in [4.78, 5) is 14.2. The fourth-order valence-electron chi connectivity index (χ4n) is 3.69. The summed E-state index contributed by atoms with van der Waals surface area (Å²) in [6.45, 7) is 11.1. The van der Waals surface area contributed by atoms with Gasteiger partial charge < -0.3 is 4.74 Å². The number of ether oxygens (including phenoxy) is 1. The molecule has 1 aliphatic carbocycles. The van der Waals surface area contributed by atoms with E-state index in [4.69, 9.17) is 4.74 Å². The van der Waals surface area contributed by atoms with E-state index in [0.717, 1.165) is 24.8 Å². The van der Waals surface area contributed by atoms with E-state index < -0.39 is 0 Å². The predicted molar refractivity (Wildman–Crippen MR) is 95.6 cm³/mol. The van der Waals surface area contributed by atoms with Crippen LogP contribution in [0.2, 0.25) is 0 Å². The first-order chi connectivity index (χ1) is 11.7. The Morgan fingerprint density at radius 1 is 1.21 bits per heavy atom. The number of aromatic nitrogens is 2. The van der Waals surface area contributed by atoms with E-state index in [0.29, 0.717) is 18.6 Å². The lowest BCUT2D eigenvalue weighted by Gasteiger charge is -2.34. The molecule has 2 aliphatic rings. The Kier molecular flexibility index (Phi) is 6.19. The Morgan fingerprint density at radius 2 is 1.96 bits per heavy atom. The van der Waals surface area contributed by atoms with Crippen molar-refractivity contribution in [3.63, 3.8) is 0 Å². The quantitative estimate of drug-likeness (QED) is 0.767. The van der Waals surface area contributed by atoms with Crippen molar-refractivity contribution in [1.29, 1.82) is 0 Å². The summed E-state index contributed by atoms with van der Waals surface area (Å²) < 4.78 is 5.08. The summed E-state index contributed by atoms with van der Waals surface area (Å²) in [6, 6.07) is 0.668. The lowest BCUT2D eigenvalue weighted by molar-refractivity contribution is 0.131. The van der Waals surface area contributed by atoms with Crippen LogP contribution in [0, 0.1) is 11.8 Å². The minimum absolute atomic E-state index is 0.482. The van der Waals surface area contributed by atoms with Gasteiger partial charge in [0.25, 0.3) is 0 Å². The van der Waals surface area contributed by atoms with Gasteiger partial charge in [-0.2, -0.15) is 0 Å². The van der Waals surface area contributed by atoms with Gasteiger partial charge in [0.15, 0.2) is 5.82 Å². The first-order valence-electron chi connectivity index (χ1n) is 9.41. The molecule has 1 aliphatic heterocycles. The van der Waals surface area contributed by atoms with Crippen LogP contribution in [-0.4, -0.2) is 59.1 Å². The molecule has 0 radical (unpaired) electrons. The first kappa shape index (κ1) is 17.8. The highest BCUT2D eigenvalue weighted by Gasteiger charge is 2.32. The van der Waals surface area contributed by atoms with E-state index in [1.807, 2.05) is 12.4 Å².